The van der Waals surface area contributed by atoms with Crippen LogP contribution in [0.4, 0.5) is 0 Å². The molecule has 0 amide bonds. The largest absolute Gasteiger partial charge is 0.349 e. The lowest BCUT2D eigenvalue weighted by molar-refractivity contribution is 0.577. The van der Waals surface area contributed by atoms with Gasteiger partial charge in [0.1, 0.15) is 5.82 Å². The fourth-order valence-electron chi connectivity index (χ4n) is 1.91. The Balaban J connectivity index is 1.87. The van der Waals surface area contributed by atoms with Gasteiger partial charge < -0.3 is 10.3 Å². The Kier molecular flexibility index (Phi) is 5.92. The number of aromatic nitrogens is 2. The maximum Gasteiger partial charge on any atom is 0.241 e. The average molecular weight is 328 g/mol. The first-order valence-electron chi connectivity index (χ1n) is 6.88. The summed E-state index contributed by atoms with van der Waals surface area (Å²) in [6, 6.07) is 1.66. The molecule has 2 aromatic heterocycles. The van der Waals surface area contributed by atoms with Gasteiger partial charge in [0.15, 0.2) is 0 Å². The molecule has 21 heavy (non-hydrogen) atoms. The lowest BCUT2D eigenvalue weighted by Crippen LogP contribution is -2.26. The third-order valence-corrected chi connectivity index (χ3v) is 5.56. The van der Waals surface area contributed by atoms with E-state index >= 15 is 0 Å². The summed E-state index contributed by atoms with van der Waals surface area (Å²) in [6.07, 6.45) is 4.89. The van der Waals surface area contributed by atoms with Crippen molar-refractivity contribution in [1.29, 1.82) is 0 Å². The second-order valence-electron chi connectivity index (χ2n) is 4.53. The summed E-state index contributed by atoms with van der Waals surface area (Å²) >= 11 is 1.46. The minimum atomic E-state index is -3.43. The second kappa shape index (κ2) is 7.69. The Labute approximate surface area is 129 Å². The number of nitrogens with one attached hydrogen (secondary N) is 3. The summed E-state index contributed by atoms with van der Waals surface area (Å²) in [5.74, 6) is 0.873. The number of sulfonamides is 1. The molecule has 0 aromatic carbocycles. The molecule has 0 aliphatic heterocycles. The van der Waals surface area contributed by atoms with Crippen molar-refractivity contribution in [2.45, 2.75) is 31.2 Å². The van der Waals surface area contributed by atoms with E-state index in [1.807, 2.05) is 12.3 Å². The summed E-state index contributed by atoms with van der Waals surface area (Å²) < 4.78 is 27.2. The zero-order valence-corrected chi connectivity index (χ0v) is 13.6. The van der Waals surface area contributed by atoms with Crippen LogP contribution in [0, 0.1) is 0 Å². The van der Waals surface area contributed by atoms with Crippen molar-refractivity contribution < 1.29 is 8.42 Å². The molecule has 0 radical (unpaired) electrons. The highest BCUT2D eigenvalue weighted by atomic mass is 32.2. The molecule has 116 valence electrons. The monoisotopic (exact) mass is 328 g/mol. The van der Waals surface area contributed by atoms with Gasteiger partial charge in [-0.25, -0.2) is 18.1 Å². The maximum atomic E-state index is 12.3. The van der Waals surface area contributed by atoms with Crippen molar-refractivity contribution in [1.82, 2.24) is 20.0 Å². The Bertz CT molecular complexity index is 635. The first-order valence-corrected chi connectivity index (χ1v) is 9.24. The lowest BCUT2D eigenvalue weighted by Gasteiger charge is -2.07. The Morgan fingerprint density at radius 2 is 2.29 bits per heavy atom. The number of hydrogen-bond donors (Lipinski definition) is 3. The van der Waals surface area contributed by atoms with Crippen LogP contribution in [0.1, 0.15) is 24.0 Å². The standard InChI is InChI=1S/C13H20N4O2S2/c1-2-14-10-11-12(5-9-20-11)21(18,19)17-6-3-4-13-15-7-8-16-13/h5,7-9,14,17H,2-4,6,10H2,1H3,(H,15,16). The highest BCUT2D eigenvalue weighted by Gasteiger charge is 2.18. The highest BCUT2D eigenvalue weighted by Crippen LogP contribution is 2.21. The summed E-state index contributed by atoms with van der Waals surface area (Å²) in [7, 11) is -3.43. The molecule has 0 aliphatic rings. The molecular weight excluding hydrogens is 308 g/mol. The van der Waals surface area contributed by atoms with Crippen LogP contribution in [-0.2, 0) is 23.0 Å². The van der Waals surface area contributed by atoms with Gasteiger partial charge in [-0.15, -0.1) is 11.3 Å². The molecule has 3 N–H and O–H groups in total. The lowest BCUT2D eigenvalue weighted by atomic mass is 10.3. The predicted octanol–water partition coefficient (Wildman–Crippen LogP) is 1.49. The average Bonchev–Trinajstić information content (AvgIpc) is 3.12. The van der Waals surface area contributed by atoms with Gasteiger partial charge in [-0.1, -0.05) is 6.92 Å². The molecule has 0 atom stereocenters. The third kappa shape index (κ3) is 4.63. The number of imidazole rings is 1. The van der Waals surface area contributed by atoms with E-state index in [0.717, 1.165) is 23.7 Å². The van der Waals surface area contributed by atoms with Crippen molar-refractivity contribution in [2.24, 2.45) is 0 Å². The quantitative estimate of drug-likeness (QED) is 0.609. The van der Waals surface area contributed by atoms with Crippen LogP contribution in [0.3, 0.4) is 0 Å². The number of H-pyrrole nitrogens is 1. The normalized spacial score (nSPS) is 11.9. The molecule has 2 heterocycles. The molecule has 0 spiro atoms. The molecule has 0 bridgehead atoms. The molecule has 6 nitrogen and oxygen atoms in total. The number of thiophene rings is 1. The van der Waals surface area contributed by atoms with Crippen molar-refractivity contribution in [3.63, 3.8) is 0 Å². The molecule has 0 aliphatic carbocycles. The Hall–Kier alpha value is -1.22. The molecule has 8 heteroatoms. The second-order valence-corrected chi connectivity index (χ2v) is 7.26. The van der Waals surface area contributed by atoms with E-state index in [0.29, 0.717) is 24.4 Å². The molecule has 0 unspecified atom stereocenters. The van der Waals surface area contributed by atoms with Gasteiger partial charge in [0, 0.05) is 36.8 Å². The predicted molar refractivity (Wildman–Crippen MR) is 83.8 cm³/mol. The zero-order chi connectivity index (χ0) is 15.1. The van der Waals surface area contributed by atoms with Crippen LogP contribution in [0.15, 0.2) is 28.7 Å². The molecule has 0 fully saturated rings. The maximum absolute atomic E-state index is 12.3. The minimum Gasteiger partial charge on any atom is -0.349 e. The van der Waals surface area contributed by atoms with Crippen LogP contribution >= 0.6 is 11.3 Å². The van der Waals surface area contributed by atoms with Gasteiger partial charge in [0.05, 0.1) is 4.90 Å². The van der Waals surface area contributed by atoms with E-state index in [1.54, 1.807) is 18.5 Å². The topological polar surface area (TPSA) is 86.9 Å². The van der Waals surface area contributed by atoms with Gasteiger partial charge in [-0.2, -0.15) is 0 Å². The summed E-state index contributed by atoms with van der Waals surface area (Å²) in [6.45, 7) is 3.79. The number of rotatable bonds is 9. The molecular formula is C13H20N4O2S2. The van der Waals surface area contributed by atoms with Crippen LogP contribution in [-0.4, -0.2) is 31.5 Å². The molecule has 2 rings (SSSR count). The number of aryl methyl sites for hydroxylation is 1. The molecule has 0 saturated carbocycles. The van der Waals surface area contributed by atoms with E-state index < -0.39 is 10.0 Å². The van der Waals surface area contributed by atoms with E-state index in [1.165, 1.54) is 11.3 Å². The van der Waals surface area contributed by atoms with Crippen LogP contribution < -0.4 is 10.0 Å². The first kappa shape index (κ1) is 16.2. The summed E-state index contributed by atoms with van der Waals surface area (Å²) in [5, 5.41) is 4.96. The van der Waals surface area contributed by atoms with Crippen molar-refractivity contribution in [2.75, 3.05) is 13.1 Å². The third-order valence-electron chi connectivity index (χ3n) is 2.97. The molecule has 2 aromatic rings. The van der Waals surface area contributed by atoms with Gasteiger partial charge in [0.25, 0.3) is 0 Å². The summed E-state index contributed by atoms with van der Waals surface area (Å²) in [5.41, 5.74) is 0. The number of nitrogens with zero attached hydrogens (tertiary/aromatic N) is 1. The van der Waals surface area contributed by atoms with Gasteiger partial charge in [-0.05, 0) is 24.4 Å². The SMILES string of the molecule is CCNCc1sccc1S(=O)(=O)NCCCc1ncc[nH]1. The first-order chi connectivity index (χ1) is 10.1. The van der Waals surface area contributed by atoms with Crippen molar-refractivity contribution >= 4 is 21.4 Å². The molecule has 0 saturated heterocycles. The van der Waals surface area contributed by atoms with Gasteiger partial charge >= 0.3 is 0 Å². The fourth-order valence-corrected chi connectivity index (χ4v) is 4.40. The highest BCUT2D eigenvalue weighted by molar-refractivity contribution is 7.89. The fraction of sp³-hybridized carbons (Fsp3) is 0.462. The van der Waals surface area contributed by atoms with E-state index in [9.17, 15) is 8.42 Å². The van der Waals surface area contributed by atoms with Crippen molar-refractivity contribution in [3.05, 3.63) is 34.5 Å². The van der Waals surface area contributed by atoms with Crippen LogP contribution in [0.2, 0.25) is 0 Å². The van der Waals surface area contributed by atoms with Gasteiger partial charge in [-0.3, -0.25) is 0 Å². The van der Waals surface area contributed by atoms with Crippen LogP contribution in [0.5, 0.6) is 0 Å². The van der Waals surface area contributed by atoms with Crippen molar-refractivity contribution in [3.8, 4) is 0 Å². The van der Waals surface area contributed by atoms with E-state index in [2.05, 4.69) is 20.0 Å². The number of hydrogen-bond acceptors (Lipinski definition) is 5. The number of aromatic amines is 1. The van der Waals surface area contributed by atoms with Gasteiger partial charge in [0.2, 0.25) is 10.0 Å². The zero-order valence-electron chi connectivity index (χ0n) is 11.9. The van der Waals surface area contributed by atoms with E-state index in [-0.39, 0.29) is 0 Å². The van der Waals surface area contributed by atoms with E-state index in [4.69, 9.17) is 0 Å². The minimum absolute atomic E-state index is 0.381. The smallest absolute Gasteiger partial charge is 0.241 e. The summed E-state index contributed by atoms with van der Waals surface area (Å²) in [4.78, 5) is 8.33. The van der Waals surface area contributed by atoms with Crippen LogP contribution in [0.25, 0.3) is 0 Å². The Morgan fingerprint density at radius 3 is 3.00 bits per heavy atom. The Morgan fingerprint density at radius 1 is 1.43 bits per heavy atom.